The summed E-state index contributed by atoms with van der Waals surface area (Å²) in [6, 6.07) is 21.9. The Bertz CT molecular complexity index is 1260. The number of H-pyrrole nitrogens is 1. The van der Waals surface area contributed by atoms with E-state index < -0.39 is 0 Å². The molecule has 0 aliphatic carbocycles. The topological polar surface area (TPSA) is 74.0 Å². The molecule has 1 heterocycles. The Labute approximate surface area is 185 Å². The number of carbonyl (C=O) groups excluding carboxylic acids is 2. The molecule has 162 valence electrons. The van der Waals surface area contributed by atoms with Gasteiger partial charge in [-0.1, -0.05) is 42.5 Å². The number of amides is 2. The van der Waals surface area contributed by atoms with Gasteiger partial charge in [0.25, 0.3) is 0 Å². The zero-order chi connectivity index (χ0) is 22.5. The van der Waals surface area contributed by atoms with Gasteiger partial charge < -0.3 is 15.6 Å². The molecule has 0 radical (unpaired) electrons. The fraction of sp³-hybridized carbons (Fsp3) is 0.154. The second-order valence-corrected chi connectivity index (χ2v) is 7.69. The number of benzene rings is 3. The third-order valence-corrected chi connectivity index (χ3v) is 5.27. The molecule has 32 heavy (non-hydrogen) atoms. The summed E-state index contributed by atoms with van der Waals surface area (Å²) in [7, 11) is 0. The number of aryl methyl sites for hydroxylation is 1. The van der Waals surface area contributed by atoms with Crippen molar-refractivity contribution < 1.29 is 14.0 Å². The highest BCUT2D eigenvalue weighted by atomic mass is 19.1. The first-order chi connectivity index (χ1) is 15.5. The summed E-state index contributed by atoms with van der Waals surface area (Å²) in [4.78, 5) is 27.2. The van der Waals surface area contributed by atoms with Crippen LogP contribution < -0.4 is 10.6 Å². The predicted molar refractivity (Wildman–Crippen MR) is 125 cm³/mol. The zero-order valence-corrected chi connectivity index (χ0v) is 17.7. The van der Waals surface area contributed by atoms with Gasteiger partial charge in [0.15, 0.2) is 0 Å². The molecular formula is C26H24FN3O2. The van der Waals surface area contributed by atoms with E-state index in [4.69, 9.17) is 0 Å². The monoisotopic (exact) mass is 429 g/mol. The maximum atomic E-state index is 13.9. The van der Waals surface area contributed by atoms with Gasteiger partial charge in [0.1, 0.15) is 5.82 Å². The Kier molecular flexibility index (Phi) is 6.31. The second kappa shape index (κ2) is 9.47. The lowest BCUT2D eigenvalue weighted by Gasteiger charge is -2.09. The van der Waals surface area contributed by atoms with Crippen LogP contribution in [0.4, 0.5) is 10.1 Å². The van der Waals surface area contributed by atoms with Crippen LogP contribution in [0.15, 0.2) is 72.8 Å². The van der Waals surface area contributed by atoms with Crippen LogP contribution in [0.2, 0.25) is 0 Å². The summed E-state index contributed by atoms with van der Waals surface area (Å²) in [6.45, 7) is 1.81. The molecule has 0 bridgehead atoms. The Hall–Kier alpha value is -3.93. The molecule has 4 aromatic rings. The van der Waals surface area contributed by atoms with E-state index in [1.165, 1.54) is 19.1 Å². The number of aromatic amines is 1. The first-order valence-corrected chi connectivity index (χ1v) is 10.5. The normalized spacial score (nSPS) is 10.8. The lowest BCUT2D eigenvalue weighted by molar-refractivity contribution is -0.121. The standard InChI is InChI=1S/C26H24FN3O2/c1-17(31)29-21-9-5-6-18(14-21)16-28-25(32)13-11-22-23-15-20(27)10-12-24(23)30-26(22)19-7-3-2-4-8-19/h2-10,12,14-15,30H,11,13,16H2,1H3,(H,28,32)(H,29,31). The first kappa shape index (κ1) is 21.3. The van der Waals surface area contributed by atoms with E-state index in [9.17, 15) is 14.0 Å². The van der Waals surface area contributed by atoms with Gasteiger partial charge in [-0.2, -0.15) is 0 Å². The van der Waals surface area contributed by atoms with Crippen LogP contribution in [-0.2, 0) is 22.6 Å². The van der Waals surface area contributed by atoms with Crippen molar-refractivity contribution in [1.82, 2.24) is 10.3 Å². The van der Waals surface area contributed by atoms with E-state index >= 15 is 0 Å². The molecule has 0 atom stereocenters. The molecule has 0 saturated heterocycles. The van der Waals surface area contributed by atoms with Crippen molar-refractivity contribution >= 4 is 28.4 Å². The van der Waals surface area contributed by atoms with E-state index in [1.807, 2.05) is 48.5 Å². The SMILES string of the molecule is CC(=O)Nc1cccc(CNC(=O)CCc2c(-c3ccccc3)[nH]c3ccc(F)cc23)c1. The van der Waals surface area contributed by atoms with Gasteiger partial charge >= 0.3 is 0 Å². The molecule has 0 aliphatic rings. The fourth-order valence-corrected chi connectivity index (χ4v) is 3.82. The maximum absolute atomic E-state index is 13.9. The third kappa shape index (κ3) is 5.03. The van der Waals surface area contributed by atoms with E-state index in [0.29, 0.717) is 18.7 Å². The summed E-state index contributed by atoms with van der Waals surface area (Å²) in [5.74, 6) is -0.545. The minimum atomic E-state index is -0.305. The van der Waals surface area contributed by atoms with E-state index in [1.54, 1.807) is 12.1 Å². The van der Waals surface area contributed by atoms with Crippen molar-refractivity contribution in [3.05, 3.63) is 89.7 Å². The summed E-state index contributed by atoms with van der Waals surface area (Å²) in [5, 5.41) is 6.45. The van der Waals surface area contributed by atoms with Crippen LogP contribution in [0, 0.1) is 5.82 Å². The van der Waals surface area contributed by atoms with E-state index in [-0.39, 0.29) is 24.1 Å². The predicted octanol–water partition coefficient (Wildman–Crippen LogP) is 5.18. The van der Waals surface area contributed by atoms with Crippen molar-refractivity contribution in [3.63, 3.8) is 0 Å². The van der Waals surface area contributed by atoms with Gasteiger partial charge in [0.05, 0.1) is 0 Å². The van der Waals surface area contributed by atoms with Crippen molar-refractivity contribution in [2.24, 2.45) is 0 Å². The van der Waals surface area contributed by atoms with E-state index in [2.05, 4.69) is 15.6 Å². The third-order valence-electron chi connectivity index (χ3n) is 5.27. The van der Waals surface area contributed by atoms with E-state index in [0.717, 1.165) is 33.3 Å². The molecule has 5 nitrogen and oxygen atoms in total. The summed E-state index contributed by atoms with van der Waals surface area (Å²) in [5.41, 5.74) is 5.25. The highest BCUT2D eigenvalue weighted by molar-refractivity contribution is 5.91. The minimum absolute atomic E-state index is 0.0975. The summed E-state index contributed by atoms with van der Waals surface area (Å²) in [6.07, 6.45) is 0.750. The molecule has 0 unspecified atom stereocenters. The van der Waals surface area contributed by atoms with Crippen molar-refractivity contribution in [1.29, 1.82) is 0 Å². The molecule has 3 N–H and O–H groups in total. The van der Waals surface area contributed by atoms with Crippen molar-refractivity contribution in [3.8, 4) is 11.3 Å². The molecule has 0 spiro atoms. The summed E-state index contributed by atoms with van der Waals surface area (Å²) < 4.78 is 13.9. The van der Waals surface area contributed by atoms with Gasteiger partial charge in [-0.05, 0) is 53.4 Å². The number of hydrogen-bond donors (Lipinski definition) is 3. The number of nitrogens with one attached hydrogen (secondary N) is 3. The Morgan fingerprint density at radius 2 is 1.78 bits per heavy atom. The largest absolute Gasteiger partial charge is 0.354 e. The van der Waals surface area contributed by atoms with Crippen LogP contribution in [0.25, 0.3) is 22.2 Å². The molecule has 6 heteroatoms. The van der Waals surface area contributed by atoms with Crippen LogP contribution in [0.5, 0.6) is 0 Å². The highest BCUT2D eigenvalue weighted by Gasteiger charge is 2.15. The van der Waals surface area contributed by atoms with Gasteiger partial charge in [0.2, 0.25) is 11.8 Å². The number of anilines is 1. The Morgan fingerprint density at radius 3 is 2.56 bits per heavy atom. The molecule has 3 aromatic carbocycles. The number of hydrogen-bond acceptors (Lipinski definition) is 2. The summed E-state index contributed by atoms with van der Waals surface area (Å²) >= 11 is 0. The van der Waals surface area contributed by atoms with Crippen molar-refractivity contribution in [2.75, 3.05) is 5.32 Å². The lowest BCUT2D eigenvalue weighted by Crippen LogP contribution is -2.23. The van der Waals surface area contributed by atoms with Gasteiger partial charge in [-0.3, -0.25) is 9.59 Å². The first-order valence-electron chi connectivity index (χ1n) is 10.5. The average Bonchev–Trinajstić information content (AvgIpc) is 3.14. The van der Waals surface area contributed by atoms with Gasteiger partial charge in [-0.25, -0.2) is 4.39 Å². The molecule has 2 amide bonds. The zero-order valence-electron chi connectivity index (χ0n) is 17.7. The number of rotatable bonds is 7. The molecule has 4 rings (SSSR count). The maximum Gasteiger partial charge on any atom is 0.221 e. The molecule has 1 aromatic heterocycles. The van der Waals surface area contributed by atoms with Crippen LogP contribution in [-0.4, -0.2) is 16.8 Å². The van der Waals surface area contributed by atoms with Crippen LogP contribution in [0.1, 0.15) is 24.5 Å². The lowest BCUT2D eigenvalue weighted by atomic mass is 10.0. The van der Waals surface area contributed by atoms with Crippen LogP contribution in [0.3, 0.4) is 0 Å². The fourth-order valence-electron chi connectivity index (χ4n) is 3.82. The smallest absolute Gasteiger partial charge is 0.221 e. The second-order valence-electron chi connectivity index (χ2n) is 7.69. The minimum Gasteiger partial charge on any atom is -0.354 e. The molecule has 0 saturated carbocycles. The Morgan fingerprint density at radius 1 is 0.969 bits per heavy atom. The number of carbonyl (C=O) groups is 2. The highest BCUT2D eigenvalue weighted by Crippen LogP contribution is 2.31. The quantitative estimate of drug-likeness (QED) is 0.379. The number of aromatic nitrogens is 1. The molecule has 0 fully saturated rings. The van der Waals surface area contributed by atoms with Gasteiger partial charge in [0, 0.05) is 42.2 Å². The van der Waals surface area contributed by atoms with Crippen LogP contribution >= 0.6 is 0 Å². The number of halogens is 1. The molecular weight excluding hydrogens is 405 g/mol. The van der Waals surface area contributed by atoms with Crippen molar-refractivity contribution in [2.45, 2.75) is 26.3 Å². The molecule has 0 aliphatic heterocycles. The number of fused-ring (bicyclic) bond motifs is 1. The average molecular weight is 429 g/mol. The van der Waals surface area contributed by atoms with Gasteiger partial charge in [-0.15, -0.1) is 0 Å². The Balaban J connectivity index is 1.47.